The molecule has 1 heterocycles. The summed E-state index contributed by atoms with van der Waals surface area (Å²) in [7, 11) is -3.43. The standard InChI is InChI=1S/C9H11FN2O2S/c10-8-2-4-9(5-3-8)12-7-1-6-11-15(12,13)14/h2-5,11H,1,6-7H2. The van der Waals surface area contributed by atoms with E-state index < -0.39 is 10.2 Å². The molecule has 0 amide bonds. The van der Waals surface area contributed by atoms with Gasteiger partial charge in [0.1, 0.15) is 5.82 Å². The molecule has 1 N–H and O–H groups in total. The van der Waals surface area contributed by atoms with Gasteiger partial charge in [-0.1, -0.05) is 0 Å². The first-order chi connectivity index (χ1) is 7.09. The van der Waals surface area contributed by atoms with Gasteiger partial charge in [-0.2, -0.15) is 13.1 Å². The molecular weight excluding hydrogens is 219 g/mol. The van der Waals surface area contributed by atoms with Crippen LogP contribution in [-0.4, -0.2) is 21.5 Å². The molecule has 0 spiro atoms. The zero-order valence-corrected chi connectivity index (χ0v) is 8.80. The Hall–Kier alpha value is -1.14. The lowest BCUT2D eigenvalue weighted by molar-refractivity contribution is 0.560. The van der Waals surface area contributed by atoms with Crippen LogP contribution in [-0.2, 0) is 10.2 Å². The summed E-state index contributed by atoms with van der Waals surface area (Å²) in [5, 5.41) is 0. The van der Waals surface area contributed by atoms with E-state index in [-0.39, 0.29) is 5.82 Å². The fourth-order valence-corrected chi connectivity index (χ4v) is 2.82. The van der Waals surface area contributed by atoms with E-state index in [0.29, 0.717) is 18.8 Å². The first kappa shape index (κ1) is 10.4. The van der Waals surface area contributed by atoms with Gasteiger partial charge in [0.25, 0.3) is 0 Å². The monoisotopic (exact) mass is 230 g/mol. The van der Waals surface area contributed by atoms with Crippen LogP contribution in [0.3, 0.4) is 0 Å². The largest absolute Gasteiger partial charge is 0.301 e. The van der Waals surface area contributed by atoms with Crippen LogP contribution in [0.1, 0.15) is 6.42 Å². The van der Waals surface area contributed by atoms with Crippen molar-refractivity contribution in [3.05, 3.63) is 30.1 Å². The number of nitrogens with one attached hydrogen (secondary N) is 1. The second kappa shape index (κ2) is 3.79. The van der Waals surface area contributed by atoms with E-state index in [0.717, 1.165) is 6.42 Å². The molecule has 1 saturated heterocycles. The summed E-state index contributed by atoms with van der Waals surface area (Å²) in [5.74, 6) is -0.374. The highest BCUT2D eigenvalue weighted by atomic mass is 32.2. The van der Waals surface area contributed by atoms with Gasteiger partial charge in [-0.05, 0) is 30.7 Å². The SMILES string of the molecule is O=S1(=O)NCCCN1c1ccc(F)cc1. The molecule has 0 aromatic heterocycles. The molecule has 15 heavy (non-hydrogen) atoms. The minimum Gasteiger partial charge on any atom is -0.258 e. The van der Waals surface area contributed by atoms with Gasteiger partial charge in [0.15, 0.2) is 0 Å². The van der Waals surface area contributed by atoms with Crippen LogP contribution in [0.2, 0.25) is 0 Å². The lowest BCUT2D eigenvalue weighted by atomic mass is 10.3. The summed E-state index contributed by atoms with van der Waals surface area (Å²) >= 11 is 0. The zero-order chi connectivity index (χ0) is 10.9. The second-order valence-corrected chi connectivity index (χ2v) is 4.98. The fourth-order valence-electron chi connectivity index (χ4n) is 1.50. The average Bonchev–Trinajstić information content (AvgIpc) is 2.19. The topological polar surface area (TPSA) is 49.4 Å². The number of anilines is 1. The van der Waals surface area contributed by atoms with Gasteiger partial charge in [0.2, 0.25) is 0 Å². The smallest absolute Gasteiger partial charge is 0.258 e. The molecule has 0 saturated carbocycles. The molecule has 0 aliphatic carbocycles. The van der Waals surface area contributed by atoms with Crippen LogP contribution in [0, 0.1) is 5.82 Å². The summed E-state index contributed by atoms with van der Waals surface area (Å²) in [6, 6.07) is 5.42. The third kappa shape index (κ3) is 2.10. The highest BCUT2D eigenvalue weighted by Gasteiger charge is 2.25. The molecule has 1 fully saturated rings. The van der Waals surface area contributed by atoms with Gasteiger partial charge >= 0.3 is 10.2 Å². The van der Waals surface area contributed by atoms with E-state index in [1.165, 1.54) is 28.6 Å². The molecule has 4 nitrogen and oxygen atoms in total. The highest BCUT2D eigenvalue weighted by Crippen LogP contribution is 2.19. The van der Waals surface area contributed by atoms with Crippen molar-refractivity contribution >= 4 is 15.9 Å². The average molecular weight is 230 g/mol. The quantitative estimate of drug-likeness (QED) is 0.778. The lowest BCUT2D eigenvalue weighted by Crippen LogP contribution is -2.47. The minimum absolute atomic E-state index is 0.374. The molecule has 1 aliphatic rings. The Balaban J connectivity index is 2.33. The van der Waals surface area contributed by atoms with E-state index in [4.69, 9.17) is 0 Å². The maximum absolute atomic E-state index is 12.7. The van der Waals surface area contributed by atoms with Crippen LogP contribution >= 0.6 is 0 Å². The number of benzene rings is 1. The normalized spacial score (nSPS) is 20.2. The first-order valence-corrected chi connectivity index (χ1v) is 6.06. The fraction of sp³-hybridized carbons (Fsp3) is 0.333. The van der Waals surface area contributed by atoms with Crippen molar-refractivity contribution in [3.8, 4) is 0 Å². The van der Waals surface area contributed by atoms with Crippen molar-refractivity contribution in [1.82, 2.24) is 4.72 Å². The molecular formula is C9H11FN2O2S. The van der Waals surface area contributed by atoms with Crippen LogP contribution in [0.15, 0.2) is 24.3 Å². The van der Waals surface area contributed by atoms with Gasteiger partial charge in [-0.15, -0.1) is 0 Å². The van der Waals surface area contributed by atoms with E-state index in [9.17, 15) is 12.8 Å². The molecule has 0 atom stereocenters. The maximum atomic E-state index is 12.7. The summed E-state index contributed by atoms with van der Waals surface area (Å²) in [5.41, 5.74) is 0.489. The summed E-state index contributed by atoms with van der Waals surface area (Å²) in [4.78, 5) is 0. The van der Waals surface area contributed by atoms with Crippen molar-refractivity contribution in [2.24, 2.45) is 0 Å². The van der Waals surface area contributed by atoms with Crippen LogP contribution in [0.25, 0.3) is 0 Å². The first-order valence-electron chi connectivity index (χ1n) is 4.62. The lowest BCUT2D eigenvalue weighted by Gasteiger charge is -2.28. The Morgan fingerprint density at radius 1 is 1.27 bits per heavy atom. The Kier molecular flexibility index (Phi) is 2.62. The van der Waals surface area contributed by atoms with Gasteiger partial charge in [-0.25, -0.2) is 4.39 Å². The Morgan fingerprint density at radius 2 is 1.93 bits per heavy atom. The number of rotatable bonds is 1. The highest BCUT2D eigenvalue weighted by molar-refractivity contribution is 7.90. The van der Waals surface area contributed by atoms with Crippen molar-refractivity contribution < 1.29 is 12.8 Å². The predicted octanol–water partition coefficient (Wildman–Crippen LogP) is 0.870. The third-order valence-corrected chi connectivity index (χ3v) is 3.77. The molecule has 0 bridgehead atoms. The Morgan fingerprint density at radius 3 is 2.53 bits per heavy atom. The zero-order valence-electron chi connectivity index (χ0n) is 7.98. The van der Waals surface area contributed by atoms with E-state index in [1.54, 1.807) is 0 Å². The Labute approximate surface area is 87.9 Å². The van der Waals surface area contributed by atoms with Gasteiger partial charge < -0.3 is 0 Å². The molecule has 0 unspecified atom stereocenters. The number of hydrogen-bond donors (Lipinski definition) is 1. The molecule has 6 heteroatoms. The van der Waals surface area contributed by atoms with Crippen molar-refractivity contribution in [2.45, 2.75) is 6.42 Å². The number of hydrogen-bond acceptors (Lipinski definition) is 2. The van der Waals surface area contributed by atoms with Crippen molar-refractivity contribution in [2.75, 3.05) is 17.4 Å². The second-order valence-electron chi connectivity index (χ2n) is 3.30. The van der Waals surface area contributed by atoms with Crippen molar-refractivity contribution in [3.63, 3.8) is 0 Å². The molecule has 1 aromatic carbocycles. The Bertz CT molecular complexity index is 444. The third-order valence-electron chi connectivity index (χ3n) is 2.23. The van der Waals surface area contributed by atoms with E-state index >= 15 is 0 Å². The minimum atomic E-state index is -3.43. The van der Waals surface area contributed by atoms with Crippen LogP contribution < -0.4 is 9.03 Å². The summed E-state index contributed by atoms with van der Waals surface area (Å²) in [6.07, 6.45) is 0.747. The number of halogens is 1. The molecule has 2 rings (SSSR count). The van der Waals surface area contributed by atoms with Gasteiger partial charge in [0.05, 0.1) is 5.69 Å². The van der Waals surface area contributed by atoms with Gasteiger partial charge in [-0.3, -0.25) is 4.31 Å². The molecule has 0 radical (unpaired) electrons. The van der Waals surface area contributed by atoms with E-state index in [2.05, 4.69) is 4.72 Å². The summed E-state index contributed by atoms with van der Waals surface area (Å²) in [6.45, 7) is 0.890. The molecule has 82 valence electrons. The van der Waals surface area contributed by atoms with Crippen LogP contribution in [0.5, 0.6) is 0 Å². The van der Waals surface area contributed by atoms with E-state index in [1.807, 2.05) is 0 Å². The van der Waals surface area contributed by atoms with Gasteiger partial charge in [0, 0.05) is 13.1 Å². The molecule has 1 aromatic rings. The van der Waals surface area contributed by atoms with Crippen molar-refractivity contribution in [1.29, 1.82) is 0 Å². The molecule has 1 aliphatic heterocycles. The van der Waals surface area contributed by atoms with Crippen LogP contribution in [0.4, 0.5) is 10.1 Å². The summed E-state index contributed by atoms with van der Waals surface area (Å²) < 4.78 is 39.5. The predicted molar refractivity (Wildman–Crippen MR) is 55.3 cm³/mol. The maximum Gasteiger partial charge on any atom is 0.301 e. The number of nitrogens with zero attached hydrogens (tertiary/aromatic N) is 1.